The number of hydrogen-bond acceptors (Lipinski definition) is 6. The van der Waals surface area contributed by atoms with Crippen molar-refractivity contribution in [3.63, 3.8) is 0 Å². The normalized spacial score (nSPS) is 18.8. The van der Waals surface area contributed by atoms with Crippen molar-refractivity contribution in [2.24, 2.45) is 16.5 Å². The minimum absolute atomic E-state index is 0.162. The summed E-state index contributed by atoms with van der Waals surface area (Å²) in [6, 6.07) is 4.72. The van der Waals surface area contributed by atoms with Gasteiger partial charge in [-0.3, -0.25) is 0 Å². The Kier molecular flexibility index (Phi) is 7.07. The van der Waals surface area contributed by atoms with E-state index in [-0.39, 0.29) is 25.3 Å². The van der Waals surface area contributed by atoms with Crippen molar-refractivity contribution in [3.8, 4) is 0 Å². The summed E-state index contributed by atoms with van der Waals surface area (Å²) in [7, 11) is -3.56. The Morgan fingerprint density at radius 2 is 1.73 bits per heavy atom. The lowest BCUT2D eigenvalue weighted by Gasteiger charge is -2.38. The monoisotopic (exact) mass is 444 g/mol. The number of anilines is 1. The van der Waals surface area contributed by atoms with E-state index >= 15 is 0 Å². The molecule has 2 fully saturated rings. The van der Waals surface area contributed by atoms with Crippen LogP contribution in [0.25, 0.3) is 0 Å². The van der Waals surface area contributed by atoms with Crippen molar-refractivity contribution in [2.75, 3.05) is 57.4 Å². The van der Waals surface area contributed by atoms with E-state index in [0.29, 0.717) is 45.1 Å². The van der Waals surface area contributed by atoms with Gasteiger partial charge in [0.05, 0.1) is 18.9 Å². The zero-order valence-electron chi connectivity index (χ0n) is 16.4. The van der Waals surface area contributed by atoms with Gasteiger partial charge in [-0.2, -0.15) is 17.0 Å². The van der Waals surface area contributed by atoms with E-state index in [9.17, 15) is 17.6 Å². The number of nitrogens with zero attached hydrogens (tertiary/aromatic N) is 4. The Morgan fingerprint density at radius 1 is 1.10 bits per heavy atom. The van der Waals surface area contributed by atoms with Crippen LogP contribution < -0.4 is 16.4 Å². The number of morpholine rings is 1. The fourth-order valence-corrected chi connectivity index (χ4v) is 4.86. The second kappa shape index (κ2) is 9.55. The van der Waals surface area contributed by atoms with Gasteiger partial charge in [0.15, 0.2) is 11.8 Å². The maximum atomic E-state index is 14.9. The molecule has 2 saturated heterocycles. The van der Waals surface area contributed by atoms with Gasteiger partial charge in [-0.05, 0) is 6.07 Å². The van der Waals surface area contributed by atoms with E-state index in [1.165, 1.54) is 14.7 Å². The Bertz CT molecular complexity index is 894. The average Bonchev–Trinajstić information content (AvgIpc) is 2.73. The number of hydrogen-bond donors (Lipinski definition) is 2. The van der Waals surface area contributed by atoms with Crippen LogP contribution in [0.5, 0.6) is 0 Å². The van der Waals surface area contributed by atoms with Gasteiger partial charge in [-0.1, -0.05) is 12.1 Å². The molecule has 0 aliphatic carbocycles. The minimum atomic E-state index is -3.56. The third-order valence-electron chi connectivity index (χ3n) is 4.83. The summed E-state index contributed by atoms with van der Waals surface area (Å²) >= 11 is 0. The molecule has 0 unspecified atom stereocenters. The molecule has 2 aliphatic rings. The Labute approximate surface area is 174 Å². The molecule has 1 aromatic carbocycles. The number of benzene rings is 1. The first-order valence-electron chi connectivity index (χ1n) is 9.40. The minimum Gasteiger partial charge on any atom is -0.443 e. The predicted molar refractivity (Wildman–Crippen MR) is 107 cm³/mol. The highest BCUT2D eigenvalue weighted by Gasteiger charge is 2.33. The SMILES string of the molecule is NC(N)=NC(=O)OCc1cccc(N2CCN(S(=O)(=O)N3CCOCC3)CC2)c1F. The van der Waals surface area contributed by atoms with Crippen LogP contribution >= 0.6 is 0 Å². The third kappa shape index (κ3) is 5.16. The number of nitrogens with two attached hydrogens (primary N) is 2. The Morgan fingerprint density at radius 3 is 2.37 bits per heavy atom. The highest BCUT2D eigenvalue weighted by molar-refractivity contribution is 7.86. The lowest BCUT2D eigenvalue weighted by molar-refractivity contribution is 0.0700. The topological polar surface area (TPSA) is 144 Å². The lowest BCUT2D eigenvalue weighted by Crippen LogP contribution is -2.55. The van der Waals surface area contributed by atoms with Crippen LogP contribution in [-0.2, 0) is 26.3 Å². The van der Waals surface area contributed by atoms with Crippen LogP contribution in [0, 0.1) is 5.82 Å². The molecule has 0 saturated carbocycles. The number of guanidine groups is 1. The Hall–Kier alpha value is -2.48. The van der Waals surface area contributed by atoms with Gasteiger partial charge >= 0.3 is 6.09 Å². The highest BCUT2D eigenvalue weighted by Crippen LogP contribution is 2.25. The maximum absolute atomic E-state index is 14.9. The van der Waals surface area contributed by atoms with Crippen LogP contribution in [0.15, 0.2) is 23.2 Å². The Balaban J connectivity index is 1.63. The molecular weight excluding hydrogens is 419 g/mol. The molecular formula is C17H25FN6O5S. The quantitative estimate of drug-likeness (QED) is 0.454. The van der Waals surface area contributed by atoms with Crippen molar-refractivity contribution in [3.05, 3.63) is 29.6 Å². The molecule has 1 aromatic rings. The summed E-state index contributed by atoms with van der Waals surface area (Å²) in [6.07, 6.45) is -1.01. The summed E-state index contributed by atoms with van der Waals surface area (Å²) in [4.78, 5) is 16.4. The van der Waals surface area contributed by atoms with Crippen LogP contribution in [0.2, 0.25) is 0 Å². The fourth-order valence-electron chi connectivity index (χ4n) is 3.30. The van der Waals surface area contributed by atoms with Crippen molar-refractivity contribution in [2.45, 2.75) is 6.61 Å². The van der Waals surface area contributed by atoms with Crippen molar-refractivity contribution in [1.82, 2.24) is 8.61 Å². The number of halogens is 1. The summed E-state index contributed by atoms with van der Waals surface area (Å²) in [6.45, 7) is 2.23. The molecule has 3 rings (SSSR count). The molecule has 13 heteroatoms. The van der Waals surface area contributed by atoms with Gasteiger partial charge < -0.3 is 25.8 Å². The van der Waals surface area contributed by atoms with E-state index in [2.05, 4.69) is 4.99 Å². The van der Waals surface area contributed by atoms with E-state index < -0.39 is 28.1 Å². The predicted octanol–water partition coefficient (Wildman–Crippen LogP) is -0.565. The van der Waals surface area contributed by atoms with Gasteiger partial charge in [0.25, 0.3) is 10.2 Å². The lowest BCUT2D eigenvalue weighted by atomic mass is 10.1. The number of piperazine rings is 1. The molecule has 1 amide bonds. The molecule has 0 radical (unpaired) electrons. The molecule has 11 nitrogen and oxygen atoms in total. The largest absolute Gasteiger partial charge is 0.443 e. The second-order valence-corrected chi connectivity index (χ2v) is 8.68. The number of ether oxygens (including phenoxy) is 2. The highest BCUT2D eigenvalue weighted by atomic mass is 32.2. The molecule has 0 atom stereocenters. The summed E-state index contributed by atoms with van der Waals surface area (Å²) in [5.74, 6) is -0.987. The molecule has 2 heterocycles. The first-order chi connectivity index (χ1) is 14.3. The number of aliphatic imine (C=N–C) groups is 1. The van der Waals surface area contributed by atoms with Crippen molar-refractivity contribution >= 4 is 27.9 Å². The zero-order chi connectivity index (χ0) is 21.7. The first-order valence-corrected chi connectivity index (χ1v) is 10.8. The number of carbonyl (C=O) groups excluding carboxylic acids is 1. The van der Waals surface area contributed by atoms with Gasteiger partial charge in [0.2, 0.25) is 0 Å². The fraction of sp³-hybridized carbons (Fsp3) is 0.529. The number of rotatable bonds is 5. The molecule has 0 bridgehead atoms. The zero-order valence-corrected chi connectivity index (χ0v) is 17.2. The molecule has 0 spiro atoms. The van der Waals surface area contributed by atoms with Crippen LogP contribution in [0.3, 0.4) is 0 Å². The van der Waals surface area contributed by atoms with E-state index in [1.807, 2.05) is 0 Å². The van der Waals surface area contributed by atoms with Crippen molar-refractivity contribution in [1.29, 1.82) is 0 Å². The van der Waals surface area contributed by atoms with E-state index in [4.69, 9.17) is 20.9 Å². The van der Waals surface area contributed by atoms with Crippen LogP contribution in [0.1, 0.15) is 5.56 Å². The molecule has 2 aliphatic heterocycles. The second-order valence-electron chi connectivity index (χ2n) is 6.75. The number of amides is 1. The summed E-state index contributed by atoms with van der Waals surface area (Å²) in [5, 5.41) is 0. The molecule has 166 valence electrons. The molecule has 0 aromatic heterocycles. The molecule has 30 heavy (non-hydrogen) atoms. The maximum Gasteiger partial charge on any atom is 0.437 e. The van der Waals surface area contributed by atoms with Crippen molar-refractivity contribution < 1.29 is 27.1 Å². The molecule has 4 N–H and O–H groups in total. The van der Waals surface area contributed by atoms with Gasteiger partial charge in [0.1, 0.15) is 6.61 Å². The average molecular weight is 444 g/mol. The number of carbonyl (C=O) groups is 1. The summed E-state index contributed by atoms with van der Waals surface area (Å²) < 4.78 is 53.3. The van der Waals surface area contributed by atoms with Gasteiger partial charge in [-0.15, -0.1) is 4.99 Å². The standard InChI is InChI=1S/C17H25FN6O5S/c18-15-13(12-29-17(25)21-16(19)20)2-1-3-14(15)22-4-6-23(7-5-22)30(26,27)24-8-10-28-11-9-24/h1-3H,4-12H2,(H4,19,20,21,25). The summed E-state index contributed by atoms with van der Waals surface area (Å²) in [5.41, 5.74) is 10.7. The smallest absolute Gasteiger partial charge is 0.437 e. The first kappa shape index (κ1) is 22.2. The van der Waals surface area contributed by atoms with E-state index in [1.54, 1.807) is 17.0 Å². The van der Waals surface area contributed by atoms with Gasteiger partial charge in [0, 0.05) is 44.8 Å². The van der Waals surface area contributed by atoms with Crippen LogP contribution in [-0.4, -0.2) is 81.6 Å². The van der Waals surface area contributed by atoms with E-state index in [0.717, 1.165) is 0 Å². The van der Waals surface area contributed by atoms with Gasteiger partial charge in [-0.25, -0.2) is 9.18 Å². The van der Waals surface area contributed by atoms with Crippen LogP contribution in [0.4, 0.5) is 14.9 Å². The third-order valence-corrected chi connectivity index (χ3v) is 6.87.